The van der Waals surface area contributed by atoms with Crippen molar-refractivity contribution in [1.29, 1.82) is 0 Å². The van der Waals surface area contributed by atoms with Crippen LogP contribution < -0.4 is 15.4 Å². The van der Waals surface area contributed by atoms with E-state index in [0.717, 1.165) is 29.7 Å². The normalized spacial score (nSPS) is 10.2. The predicted molar refractivity (Wildman–Crippen MR) is 99.2 cm³/mol. The van der Waals surface area contributed by atoms with Crippen molar-refractivity contribution in [3.63, 3.8) is 0 Å². The first-order valence-electron chi connectivity index (χ1n) is 8.41. The molecule has 0 aliphatic heterocycles. The zero-order valence-electron chi connectivity index (χ0n) is 14.9. The van der Waals surface area contributed by atoms with E-state index in [4.69, 9.17) is 4.74 Å². The van der Waals surface area contributed by atoms with Gasteiger partial charge in [0.05, 0.1) is 13.7 Å². The minimum Gasteiger partial charge on any atom is -0.497 e. The number of para-hydroxylation sites is 1. The first kappa shape index (κ1) is 18.5. The molecule has 0 radical (unpaired) electrons. The van der Waals surface area contributed by atoms with Crippen LogP contribution in [0.2, 0.25) is 0 Å². The van der Waals surface area contributed by atoms with Crippen LogP contribution in [-0.4, -0.2) is 25.5 Å². The molecule has 0 unspecified atom stereocenters. The van der Waals surface area contributed by atoms with Gasteiger partial charge in [0.1, 0.15) is 5.75 Å². The standard InChI is InChI=1S/C20H24N2O3/c1-4-14-8-6-9-15(5-2)19(14)22-18(23)13-21-20(24)16-10-7-11-17(12-16)25-3/h6-12H,4-5,13H2,1-3H3,(H,21,24)(H,22,23). The Hall–Kier alpha value is -2.82. The Kier molecular flexibility index (Phi) is 6.57. The van der Waals surface area contributed by atoms with Crippen LogP contribution >= 0.6 is 0 Å². The van der Waals surface area contributed by atoms with Gasteiger partial charge in [-0.3, -0.25) is 9.59 Å². The van der Waals surface area contributed by atoms with Gasteiger partial charge in [0.2, 0.25) is 5.91 Å². The third kappa shape index (κ3) is 4.83. The van der Waals surface area contributed by atoms with Crippen molar-refractivity contribution in [1.82, 2.24) is 5.32 Å². The van der Waals surface area contributed by atoms with Crippen LogP contribution in [0.3, 0.4) is 0 Å². The van der Waals surface area contributed by atoms with E-state index in [1.807, 2.05) is 18.2 Å². The highest BCUT2D eigenvalue weighted by Gasteiger charge is 2.12. The summed E-state index contributed by atoms with van der Waals surface area (Å²) in [5, 5.41) is 5.57. The van der Waals surface area contributed by atoms with Gasteiger partial charge in [-0.1, -0.05) is 38.1 Å². The Labute approximate surface area is 148 Å². The van der Waals surface area contributed by atoms with Crippen molar-refractivity contribution in [2.75, 3.05) is 19.0 Å². The van der Waals surface area contributed by atoms with Gasteiger partial charge in [-0.2, -0.15) is 0 Å². The molecule has 2 N–H and O–H groups in total. The van der Waals surface area contributed by atoms with Gasteiger partial charge < -0.3 is 15.4 Å². The molecule has 0 aliphatic carbocycles. The number of carbonyl (C=O) groups is 2. The largest absolute Gasteiger partial charge is 0.497 e. The summed E-state index contributed by atoms with van der Waals surface area (Å²) in [6, 6.07) is 12.8. The van der Waals surface area contributed by atoms with E-state index in [9.17, 15) is 9.59 Å². The molecular formula is C20H24N2O3. The van der Waals surface area contributed by atoms with Gasteiger partial charge in [0, 0.05) is 11.3 Å². The van der Waals surface area contributed by atoms with Gasteiger partial charge in [-0.15, -0.1) is 0 Å². The summed E-state index contributed by atoms with van der Waals surface area (Å²) in [6.07, 6.45) is 1.67. The Morgan fingerprint density at radius 1 is 1.00 bits per heavy atom. The second-order valence-corrected chi connectivity index (χ2v) is 5.62. The number of hydrogen-bond donors (Lipinski definition) is 2. The minimum absolute atomic E-state index is 0.0861. The first-order valence-corrected chi connectivity index (χ1v) is 8.41. The molecule has 2 amide bonds. The van der Waals surface area contributed by atoms with Crippen LogP contribution in [-0.2, 0) is 17.6 Å². The second-order valence-electron chi connectivity index (χ2n) is 5.62. The lowest BCUT2D eigenvalue weighted by Crippen LogP contribution is -2.33. The zero-order chi connectivity index (χ0) is 18.2. The SMILES string of the molecule is CCc1cccc(CC)c1NC(=O)CNC(=O)c1cccc(OC)c1. The van der Waals surface area contributed by atoms with Crippen LogP contribution in [0.1, 0.15) is 35.3 Å². The maximum absolute atomic E-state index is 12.3. The fourth-order valence-corrected chi connectivity index (χ4v) is 2.61. The third-order valence-corrected chi connectivity index (χ3v) is 4.00. The predicted octanol–water partition coefficient (Wildman–Crippen LogP) is 3.19. The minimum atomic E-state index is -0.312. The van der Waals surface area contributed by atoms with Crippen molar-refractivity contribution in [3.8, 4) is 5.75 Å². The molecule has 0 saturated carbocycles. The number of rotatable bonds is 7. The molecule has 0 bridgehead atoms. The Bertz CT molecular complexity index is 734. The summed E-state index contributed by atoms with van der Waals surface area (Å²) in [4.78, 5) is 24.4. The number of ether oxygens (including phenoxy) is 1. The average molecular weight is 340 g/mol. The highest BCUT2D eigenvalue weighted by atomic mass is 16.5. The number of anilines is 1. The van der Waals surface area contributed by atoms with Crippen molar-refractivity contribution >= 4 is 17.5 Å². The van der Waals surface area contributed by atoms with E-state index in [2.05, 4.69) is 24.5 Å². The molecule has 0 spiro atoms. The van der Waals surface area contributed by atoms with E-state index < -0.39 is 0 Å². The Balaban J connectivity index is 2.00. The maximum Gasteiger partial charge on any atom is 0.251 e. The molecule has 132 valence electrons. The van der Waals surface area contributed by atoms with Gasteiger partial charge in [0.15, 0.2) is 0 Å². The smallest absolute Gasteiger partial charge is 0.251 e. The van der Waals surface area contributed by atoms with Crippen molar-refractivity contribution in [3.05, 3.63) is 59.2 Å². The molecule has 2 aromatic rings. The summed E-state index contributed by atoms with van der Waals surface area (Å²) < 4.78 is 5.10. The van der Waals surface area contributed by atoms with Crippen molar-refractivity contribution in [2.24, 2.45) is 0 Å². The molecule has 0 saturated heterocycles. The Morgan fingerprint density at radius 2 is 1.64 bits per heavy atom. The number of amides is 2. The molecule has 5 nitrogen and oxygen atoms in total. The highest BCUT2D eigenvalue weighted by molar-refractivity contribution is 6.00. The van der Waals surface area contributed by atoms with Crippen LogP contribution in [0.25, 0.3) is 0 Å². The van der Waals surface area contributed by atoms with Crippen molar-refractivity contribution < 1.29 is 14.3 Å². The lowest BCUT2D eigenvalue weighted by atomic mass is 10.0. The fraction of sp³-hybridized carbons (Fsp3) is 0.300. The Morgan fingerprint density at radius 3 is 2.24 bits per heavy atom. The molecule has 0 aromatic heterocycles. The number of methoxy groups -OCH3 is 1. The van der Waals surface area contributed by atoms with Gasteiger partial charge in [0.25, 0.3) is 5.91 Å². The summed E-state index contributed by atoms with van der Waals surface area (Å²) in [7, 11) is 1.54. The summed E-state index contributed by atoms with van der Waals surface area (Å²) in [5.41, 5.74) is 3.49. The summed E-state index contributed by atoms with van der Waals surface area (Å²) >= 11 is 0. The van der Waals surface area contributed by atoms with Gasteiger partial charge in [-0.05, 0) is 42.2 Å². The molecule has 2 rings (SSSR count). The number of aryl methyl sites for hydroxylation is 2. The molecule has 0 heterocycles. The van der Waals surface area contributed by atoms with Crippen LogP contribution in [0.4, 0.5) is 5.69 Å². The van der Waals surface area contributed by atoms with Gasteiger partial charge in [-0.25, -0.2) is 0 Å². The summed E-state index contributed by atoms with van der Waals surface area (Å²) in [6.45, 7) is 4.02. The van der Waals surface area contributed by atoms with Crippen LogP contribution in [0.5, 0.6) is 5.75 Å². The lowest BCUT2D eigenvalue weighted by molar-refractivity contribution is -0.115. The average Bonchev–Trinajstić information content (AvgIpc) is 2.66. The van der Waals surface area contributed by atoms with E-state index in [-0.39, 0.29) is 18.4 Å². The molecule has 5 heteroatoms. The molecule has 2 aromatic carbocycles. The topological polar surface area (TPSA) is 67.4 Å². The fourth-order valence-electron chi connectivity index (χ4n) is 2.61. The van der Waals surface area contributed by atoms with Gasteiger partial charge >= 0.3 is 0 Å². The number of carbonyl (C=O) groups excluding carboxylic acids is 2. The molecule has 0 atom stereocenters. The second kappa shape index (κ2) is 8.87. The number of hydrogen-bond acceptors (Lipinski definition) is 3. The van der Waals surface area contributed by atoms with Crippen LogP contribution in [0.15, 0.2) is 42.5 Å². The number of benzene rings is 2. The lowest BCUT2D eigenvalue weighted by Gasteiger charge is -2.14. The van der Waals surface area contributed by atoms with E-state index in [1.54, 1.807) is 31.4 Å². The molecule has 0 fully saturated rings. The number of nitrogens with one attached hydrogen (secondary N) is 2. The van der Waals surface area contributed by atoms with E-state index >= 15 is 0 Å². The van der Waals surface area contributed by atoms with Crippen LogP contribution in [0, 0.1) is 0 Å². The van der Waals surface area contributed by atoms with E-state index in [1.165, 1.54) is 0 Å². The molecule has 0 aliphatic rings. The molecular weight excluding hydrogens is 316 g/mol. The first-order chi connectivity index (χ1) is 12.1. The third-order valence-electron chi connectivity index (χ3n) is 4.00. The van der Waals surface area contributed by atoms with Crippen molar-refractivity contribution in [2.45, 2.75) is 26.7 Å². The zero-order valence-corrected chi connectivity index (χ0v) is 14.9. The maximum atomic E-state index is 12.3. The summed E-state index contributed by atoms with van der Waals surface area (Å²) in [5.74, 6) is 0.0435. The molecule has 25 heavy (non-hydrogen) atoms. The monoisotopic (exact) mass is 340 g/mol. The quantitative estimate of drug-likeness (QED) is 0.813. The highest BCUT2D eigenvalue weighted by Crippen LogP contribution is 2.22. The van der Waals surface area contributed by atoms with E-state index in [0.29, 0.717) is 11.3 Å².